The average Bonchev–Trinajstić information content (AvgIpc) is 2.89. The molecule has 3 aromatic rings. The number of nitrogens with one attached hydrogen (secondary N) is 1. The molecule has 4 rings (SSSR count). The molecule has 1 N–H and O–H groups in total. The van der Waals surface area contributed by atoms with Crippen molar-refractivity contribution < 1.29 is 23.8 Å². The summed E-state index contributed by atoms with van der Waals surface area (Å²) in [6.45, 7) is 5.73. The minimum absolute atomic E-state index is 0.300. The van der Waals surface area contributed by atoms with Crippen LogP contribution < -0.4 is 24.4 Å². The Hall–Kier alpha value is -4.26. The van der Waals surface area contributed by atoms with Crippen molar-refractivity contribution >= 4 is 23.6 Å². The van der Waals surface area contributed by atoms with E-state index in [1.54, 1.807) is 18.2 Å². The van der Waals surface area contributed by atoms with Crippen LogP contribution in [0.2, 0.25) is 0 Å². The van der Waals surface area contributed by atoms with Crippen LogP contribution in [0.5, 0.6) is 17.2 Å². The van der Waals surface area contributed by atoms with Gasteiger partial charge in [-0.05, 0) is 38.0 Å². The van der Waals surface area contributed by atoms with E-state index < -0.39 is 11.1 Å². The van der Waals surface area contributed by atoms with Gasteiger partial charge in [-0.3, -0.25) is 14.5 Å². The third-order valence-corrected chi connectivity index (χ3v) is 6.19. The van der Waals surface area contributed by atoms with Crippen LogP contribution in [-0.2, 0) is 15.1 Å². The van der Waals surface area contributed by atoms with Crippen molar-refractivity contribution in [3.63, 3.8) is 0 Å². The number of anilines is 1. The molecule has 0 saturated carbocycles. The van der Waals surface area contributed by atoms with Gasteiger partial charge in [-0.2, -0.15) is 0 Å². The highest BCUT2D eigenvalue weighted by Gasteiger charge is 2.63. The number of hydrogen-bond donors (Lipinski definition) is 1. The van der Waals surface area contributed by atoms with Crippen LogP contribution >= 0.6 is 0 Å². The molecule has 1 aliphatic heterocycles. The first-order valence-electron chi connectivity index (χ1n) is 12.0. The summed E-state index contributed by atoms with van der Waals surface area (Å²) in [6, 6.07) is 22.2. The third-order valence-electron chi connectivity index (χ3n) is 6.19. The molecular formula is C30H32N2O5. The van der Waals surface area contributed by atoms with Crippen molar-refractivity contribution in [2.45, 2.75) is 31.8 Å². The van der Waals surface area contributed by atoms with Crippen molar-refractivity contribution in [2.75, 3.05) is 26.2 Å². The molecule has 0 bridgehead atoms. The van der Waals surface area contributed by atoms with Gasteiger partial charge in [-0.25, -0.2) is 0 Å². The molecule has 0 spiro atoms. The van der Waals surface area contributed by atoms with E-state index in [-0.39, 0.29) is 11.8 Å². The molecule has 1 unspecified atom stereocenters. The number of ether oxygens (including phenoxy) is 3. The lowest BCUT2D eigenvalue weighted by molar-refractivity contribution is -0.135. The molecule has 7 heteroatoms. The Morgan fingerprint density at radius 3 is 1.89 bits per heavy atom. The SMILES string of the molecule is COc1cc(N2C(=O)/C(=C\c3ccccc3)C2(C(=O)NC(C)(C)C)c2ccccc2)cc(OC)c1OC. The van der Waals surface area contributed by atoms with Crippen LogP contribution in [0.1, 0.15) is 31.9 Å². The number of rotatable bonds is 7. The van der Waals surface area contributed by atoms with E-state index in [1.165, 1.54) is 26.2 Å². The summed E-state index contributed by atoms with van der Waals surface area (Å²) in [6.07, 6.45) is 1.78. The second kappa shape index (κ2) is 10.0. The van der Waals surface area contributed by atoms with E-state index >= 15 is 0 Å². The Kier molecular flexibility index (Phi) is 6.99. The first-order chi connectivity index (χ1) is 17.7. The monoisotopic (exact) mass is 500 g/mol. The molecule has 2 amide bonds. The average molecular weight is 501 g/mol. The van der Waals surface area contributed by atoms with E-state index in [1.807, 2.05) is 81.4 Å². The predicted octanol–water partition coefficient (Wildman–Crippen LogP) is 4.95. The van der Waals surface area contributed by atoms with Crippen LogP contribution in [0.3, 0.4) is 0 Å². The molecule has 0 aliphatic carbocycles. The van der Waals surface area contributed by atoms with Gasteiger partial charge in [0.25, 0.3) is 11.8 Å². The molecule has 37 heavy (non-hydrogen) atoms. The minimum Gasteiger partial charge on any atom is -0.493 e. The number of hydrogen-bond acceptors (Lipinski definition) is 5. The summed E-state index contributed by atoms with van der Waals surface area (Å²) in [4.78, 5) is 29.7. The number of carbonyl (C=O) groups excluding carboxylic acids is 2. The fourth-order valence-electron chi connectivity index (χ4n) is 4.63. The quantitative estimate of drug-likeness (QED) is 0.367. The first-order valence-corrected chi connectivity index (χ1v) is 12.0. The lowest BCUT2D eigenvalue weighted by Crippen LogP contribution is -2.71. The fourth-order valence-corrected chi connectivity index (χ4v) is 4.63. The molecule has 3 aromatic carbocycles. The number of carbonyl (C=O) groups is 2. The number of amides is 2. The summed E-state index contributed by atoms with van der Waals surface area (Å²) in [5.41, 5.74) is 0.298. The van der Waals surface area contributed by atoms with E-state index in [0.29, 0.717) is 34.1 Å². The van der Waals surface area contributed by atoms with Gasteiger partial charge in [0, 0.05) is 17.7 Å². The standard InChI is InChI=1S/C30H32N2O5/c1-29(2,3)31-28(34)30(21-15-11-8-12-16-21)23(17-20-13-9-7-10-14-20)27(33)32(30)22-18-24(35-4)26(37-6)25(19-22)36-5/h7-19H,1-6H3,(H,31,34)/b23-17+. The zero-order valence-corrected chi connectivity index (χ0v) is 22.0. The summed E-state index contributed by atoms with van der Waals surface area (Å²) < 4.78 is 16.6. The zero-order chi connectivity index (χ0) is 26.8. The summed E-state index contributed by atoms with van der Waals surface area (Å²) in [5.74, 6) is 0.533. The maximum Gasteiger partial charge on any atom is 0.259 e. The molecule has 1 saturated heterocycles. The van der Waals surface area contributed by atoms with Crippen LogP contribution in [0.15, 0.2) is 78.4 Å². The second-order valence-electron chi connectivity index (χ2n) is 9.77. The highest BCUT2D eigenvalue weighted by molar-refractivity contribution is 6.28. The van der Waals surface area contributed by atoms with Gasteiger partial charge in [0.05, 0.1) is 32.6 Å². The largest absolute Gasteiger partial charge is 0.493 e. The van der Waals surface area contributed by atoms with E-state index in [2.05, 4.69) is 5.32 Å². The third kappa shape index (κ3) is 4.53. The molecule has 1 heterocycles. The van der Waals surface area contributed by atoms with Gasteiger partial charge < -0.3 is 19.5 Å². The summed E-state index contributed by atoms with van der Waals surface area (Å²) in [5, 5.41) is 3.12. The van der Waals surface area contributed by atoms with E-state index in [0.717, 1.165) is 5.56 Å². The predicted molar refractivity (Wildman–Crippen MR) is 144 cm³/mol. The van der Waals surface area contributed by atoms with Crippen LogP contribution in [0, 0.1) is 0 Å². The Balaban J connectivity index is 2.03. The van der Waals surface area contributed by atoms with Crippen molar-refractivity contribution in [1.29, 1.82) is 0 Å². The molecule has 0 aromatic heterocycles. The van der Waals surface area contributed by atoms with Crippen molar-refractivity contribution in [3.05, 3.63) is 89.5 Å². The topological polar surface area (TPSA) is 77.1 Å². The highest BCUT2D eigenvalue weighted by atomic mass is 16.5. The smallest absolute Gasteiger partial charge is 0.259 e. The number of methoxy groups -OCH3 is 3. The lowest BCUT2D eigenvalue weighted by atomic mass is 9.70. The molecule has 192 valence electrons. The van der Waals surface area contributed by atoms with Gasteiger partial charge in [-0.1, -0.05) is 60.7 Å². The summed E-state index contributed by atoms with van der Waals surface area (Å²) >= 11 is 0. The second-order valence-corrected chi connectivity index (χ2v) is 9.77. The highest BCUT2D eigenvalue weighted by Crippen LogP contribution is 2.52. The van der Waals surface area contributed by atoms with Crippen LogP contribution in [-0.4, -0.2) is 38.7 Å². The van der Waals surface area contributed by atoms with Crippen molar-refractivity contribution in [3.8, 4) is 17.2 Å². The Bertz CT molecular complexity index is 1300. The molecule has 1 atom stereocenters. The maximum atomic E-state index is 14.3. The molecule has 1 fully saturated rings. The first kappa shape index (κ1) is 25.8. The number of benzene rings is 3. The van der Waals surface area contributed by atoms with Gasteiger partial charge in [0.15, 0.2) is 17.0 Å². The zero-order valence-electron chi connectivity index (χ0n) is 22.0. The minimum atomic E-state index is -1.44. The van der Waals surface area contributed by atoms with Gasteiger partial charge in [0.2, 0.25) is 5.75 Å². The molecule has 7 nitrogen and oxygen atoms in total. The van der Waals surface area contributed by atoms with Gasteiger partial charge >= 0.3 is 0 Å². The van der Waals surface area contributed by atoms with Crippen LogP contribution in [0.4, 0.5) is 5.69 Å². The number of β-lactam (4-membered cyclic amide) rings is 1. The Labute approximate surface area is 217 Å². The Morgan fingerprint density at radius 2 is 1.41 bits per heavy atom. The number of nitrogens with zero attached hydrogens (tertiary/aromatic N) is 1. The van der Waals surface area contributed by atoms with E-state index in [9.17, 15) is 9.59 Å². The summed E-state index contributed by atoms with van der Waals surface area (Å²) in [7, 11) is 4.54. The fraction of sp³-hybridized carbons (Fsp3) is 0.267. The normalized spacial score (nSPS) is 18.3. The lowest BCUT2D eigenvalue weighted by Gasteiger charge is -2.53. The molecule has 1 aliphatic rings. The Morgan fingerprint density at radius 1 is 0.865 bits per heavy atom. The van der Waals surface area contributed by atoms with Gasteiger partial charge in [0.1, 0.15) is 0 Å². The van der Waals surface area contributed by atoms with Crippen LogP contribution in [0.25, 0.3) is 6.08 Å². The maximum absolute atomic E-state index is 14.3. The van der Waals surface area contributed by atoms with Crippen molar-refractivity contribution in [2.24, 2.45) is 0 Å². The van der Waals surface area contributed by atoms with E-state index in [4.69, 9.17) is 14.2 Å². The molecule has 0 radical (unpaired) electrons. The molecular weight excluding hydrogens is 468 g/mol. The van der Waals surface area contributed by atoms with Gasteiger partial charge in [-0.15, -0.1) is 0 Å². The van der Waals surface area contributed by atoms with Crippen molar-refractivity contribution in [1.82, 2.24) is 5.32 Å².